The fraction of sp³-hybridized carbons (Fsp3) is 0.417. The normalized spacial score (nSPS) is 23.9. The molecule has 0 saturated heterocycles. The summed E-state index contributed by atoms with van der Waals surface area (Å²) in [4.78, 5) is 10.8. The maximum Gasteiger partial charge on any atom is 0.306 e. The summed E-state index contributed by atoms with van der Waals surface area (Å²) in [5.41, 5.74) is 0.274. The van der Waals surface area contributed by atoms with E-state index in [1.807, 2.05) is 0 Å². The SMILES string of the molecule is O=C(O)C1CCC1Cc1cccc(F)c1F. The molecule has 0 aliphatic heterocycles. The fourth-order valence-electron chi connectivity index (χ4n) is 2.13. The minimum atomic E-state index is -0.872. The molecule has 2 unspecified atom stereocenters. The molecule has 0 amide bonds. The zero-order valence-electron chi connectivity index (χ0n) is 8.62. The van der Waals surface area contributed by atoms with Crippen LogP contribution in [0.5, 0.6) is 0 Å². The molecule has 1 fully saturated rings. The second-order valence-electron chi connectivity index (χ2n) is 4.20. The summed E-state index contributed by atoms with van der Waals surface area (Å²) in [5.74, 6) is -3.02. The molecular weight excluding hydrogens is 214 g/mol. The first-order valence-electron chi connectivity index (χ1n) is 5.25. The Morgan fingerprint density at radius 2 is 2.12 bits per heavy atom. The lowest BCUT2D eigenvalue weighted by Crippen LogP contribution is -2.34. The maximum absolute atomic E-state index is 13.3. The van der Waals surface area contributed by atoms with Crippen LogP contribution in [0.4, 0.5) is 8.78 Å². The highest BCUT2D eigenvalue weighted by Crippen LogP contribution is 2.37. The Hall–Kier alpha value is -1.45. The van der Waals surface area contributed by atoms with Gasteiger partial charge in [0, 0.05) is 0 Å². The third-order valence-electron chi connectivity index (χ3n) is 3.25. The quantitative estimate of drug-likeness (QED) is 0.860. The van der Waals surface area contributed by atoms with E-state index in [1.165, 1.54) is 12.1 Å². The molecule has 0 radical (unpaired) electrons. The van der Waals surface area contributed by atoms with E-state index in [9.17, 15) is 13.6 Å². The van der Waals surface area contributed by atoms with Gasteiger partial charge < -0.3 is 5.11 Å². The van der Waals surface area contributed by atoms with Gasteiger partial charge in [-0.2, -0.15) is 0 Å². The minimum absolute atomic E-state index is 0.0613. The van der Waals surface area contributed by atoms with Gasteiger partial charge in [0.05, 0.1) is 5.92 Å². The van der Waals surface area contributed by atoms with Gasteiger partial charge in [-0.25, -0.2) is 8.78 Å². The van der Waals surface area contributed by atoms with Crippen LogP contribution in [0.1, 0.15) is 18.4 Å². The zero-order valence-corrected chi connectivity index (χ0v) is 8.62. The molecule has 2 nitrogen and oxygen atoms in total. The van der Waals surface area contributed by atoms with E-state index in [1.54, 1.807) is 0 Å². The second-order valence-corrected chi connectivity index (χ2v) is 4.20. The Bertz CT molecular complexity index is 417. The smallest absolute Gasteiger partial charge is 0.306 e. The van der Waals surface area contributed by atoms with Crippen molar-refractivity contribution in [2.45, 2.75) is 19.3 Å². The first-order chi connectivity index (χ1) is 7.59. The molecule has 16 heavy (non-hydrogen) atoms. The second kappa shape index (κ2) is 4.20. The largest absolute Gasteiger partial charge is 0.481 e. The van der Waals surface area contributed by atoms with E-state index in [0.717, 1.165) is 12.5 Å². The highest BCUT2D eigenvalue weighted by Gasteiger charge is 2.36. The zero-order chi connectivity index (χ0) is 11.7. The molecule has 2 atom stereocenters. The molecule has 86 valence electrons. The van der Waals surface area contributed by atoms with Crippen LogP contribution in [0.25, 0.3) is 0 Å². The fourth-order valence-corrected chi connectivity index (χ4v) is 2.13. The van der Waals surface area contributed by atoms with Crippen LogP contribution in [-0.2, 0) is 11.2 Å². The number of benzene rings is 1. The molecule has 1 aromatic rings. The number of rotatable bonds is 3. The topological polar surface area (TPSA) is 37.3 Å². The lowest BCUT2D eigenvalue weighted by Gasteiger charge is -2.33. The standard InChI is InChI=1S/C12H12F2O2/c13-10-3-1-2-8(11(10)14)6-7-4-5-9(7)12(15)16/h1-3,7,9H,4-6H2,(H,15,16). The number of carbonyl (C=O) groups is 1. The van der Waals surface area contributed by atoms with E-state index in [4.69, 9.17) is 5.11 Å². The van der Waals surface area contributed by atoms with Crippen LogP contribution < -0.4 is 0 Å². The number of aliphatic carboxylic acids is 1. The number of hydrogen-bond acceptors (Lipinski definition) is 1. The van der Waals surface area contributed by atoms with Crippen molar-refractivity contribution in [3.05, 3.63) is 35.4 Å². The van der Waals surface area contributed by atoms with Crippen molar-refractivity contribution in [1.82, 2.24) is 0 Å². The Kier molecular flexibility index (Phi) is 2.90. The van der Waals surface area contributed by atoms with Crippen LogP contribution in [-0.4, -0.2) is 11.1 Å². The van der Waals surface area contributed by atoms with Crippen LogP contribution in [0.15, 0.2) is 18.2 Å². The molecule has 0 spiro atoms. The first-order valence-corrected chi connectivity index (χ1v) is 5.25. The summed E-state index contributed by atoms with van der Waals surface area (Å²) in [6.07, 6.45) is 1.71. The Morgan fingerprint density at radius 3 is 2.69 bits per heavy atom. The molecule has 2 rings (SSSR count). The number of halogens is 2. The number of hydrogen-bond donors (Lipinski definition) is 1. The van der Waals surface area contributed by atoms with Crippen molar-refractivity contribution in [2.75, 3.05) is 0 Å². The van der Waals surface area contributed by atoms with Gasteiger partial charge in [0.15, 0.2) is 11.6 Å². The highest BCUT2D eigenvalue weighted by molar-refractivity contribution is 5.71. The van der Waals surface area contributed by atoms with Crippen molar-refractivity contribution >= 4 is 5.97 Å². The molecule has 0 aromatic heterocycles. The van der Waals surface area contributed by atoms with Crippen LogP contribution in [0, 0.1) is 23.5 Å². The van der Waals surface area contributed by atoms with Gasteiger partial charge in [-0.1, -0.05) is 12.1 Å². The van der Waals surface area contributed by atoms with Crippen molar-refractivity contribution in [3.8, 4) is 0 Å². The Labute approximate surface area is 91.9 Å². The minimum Gasteiger partial charge on any atom is -0.481 e. The Morgan fingerprint density at radius 1 is 1.38 bits per heavy atom. The molecule has 1 aliphatic carbocycles. The van der Waals surface area contributed by atoms with E-state index >= 15 is 0 Å². The lowest BCUT2D eigenvalue weighted by atomic mass is 9.71. The molecule has 1 aliphatic rings. The van der Waals surface area contributed by atoms with Crippen LogP contribution in [0.2, 0.25) is 0 Å². The third-order valence-corrected chi connectivity index (χ3v) is 3.25. The third kappa shape index (κ3) is 1.92. The van der Waals surface area contributed by atoms with E-state index < -0.39 is 23.5 Å². The summed E-state index contributed by atoms with van der Waals surface area (Å²) < 4.78 is 26.2. The molecule has 4 heteroatoms. The van der Waals surface area contributed by atoms with Gasteiger partial charge in [0.2, 0.25) is 0 Å². The average Bonchev–Trinajstić information content (AvgIpc) is 2.17. The molecule has 0 heterocycles. The summed E-state index contributed by atoms with van der Waals surface area (Å²) in [6, 6.07) is 4.02. The van der Waals surface area contributed by atoms with Gasteiger partial charge in [-0.15, -0.1) is 0 Å². The van der Waals surface area contributed by atoms with E-state index in [0.29, 0.717) is 12.8 Å². The van der Waals surface area contributed by atoms with E-state index in [2.05, 4.69) is 0 Å². The monoisotopic (exact) mass is 226 g/mol. The summed E-state index contributed by atoms with van der Waals surface area (Å²) in [6.45, 7) is 0. The van der Waals surface area contributed by atoms with Crippen molar-refractivity contribution in [1.29, 1.82) is 0 Å². The highest BCUT2D eigenvalue weighted by atomic mass is 19.2. The predicted octanol–water partition coefficient (Wildman–Crippen LogP) is 2.62. The summed E-state index contributed by atoms with van der Waals surface area (Å²) >= 11 is 0. The lowest BCUT2D eigenvalue weighted by molar-refractivity contribution is -0.147. The molecule has 1 saturated carbocycles. The van der Waals surface area contributed by atoms with Gasteiger partial charge in [-0.05, 0) is 36.8 Å². The van der Waals surface area contributed by atoms with Gasteiger partial charge in [-0.3, -0.25) is 4.79 Å². The van der Waals surface area contributed by atoms with Gasteiger partial charge in [0.1, 0.15) is 0 Å². The molecule has 1 aromatic carbocycles. The summed E-state index contributed by atoms with van der Waals surface area (Å²) in [7, 11) is 0. The first kappa shape index (κ1) is 11.0. The molecule has 0 bridgehead atoms. The molecular formula is C12H12F2O2. The number of carboxylic acid groups (broad SMARTS) is 1. The average molecular weight is 226 g/mol. The number of carboxylic acids is 1. The van der Waals surface area contributed by atoms with Gasteiger partial charge >= 0.3 is 5.97 Å². The summed E-state index contributed by atoms with van der Waals surface area (Å²) in [5, 5.41) is 8.84. The van der Waals surface area contributed by atoms with Crippen molar-refractivity contribution < 1.29 is 18.7 Å². The van der Waals surface area contributed by atoms with Crippen molar-refractivity contribution in [2.24, 2.45) is 11.8 Å². The Balaban J connectivity index is 2.10. The van der Waals surface area contributed by atoms with Gasteiger partial charge in [0.25, 0.3) is 0 Å². The van der Waals surface area contributed by atoms with Crippen LogP contribution in [0.3, 0.4) is 0 Å². The maximum atomic E-state index is 13.3. The van der Waals surface area contributed by atoms with Crippen LogP contribution >= 0.6 is 0 Å². The molecule has 1 N–H and O–H groups in total. The van der Waals surface area contributed by atoms with Crippen molar-refractivity contribution in [3.63, 3.8) is 0 Å². The van der Waals surface area contributed by atoms with E-state index in [-0.39, 0.29) is 11.5 Å². The predicted molar refractivity (Wildman–Crippen MR) is 53.9 cm³/mol.